The van der Waals surface area contributed by atoms with E-state index in [1.165, 1.54) is 17.3 Å². The number of benzene rings is 2. The van der Waals surface area contributed by atoms with E-state index in [0.29, 0.717) is 31.3 Å². The quantitative estimate of drug-likeness (QED) is 0.467. The van der Waals surface area contributed by atoms with Crippen LogP contribution in [-0.2, 0) is 16.1 Å². The molecule has 0 aliphatic carbocycles. The smallest absolute Gasteiger partial charge is 0.230 e. The summed E-state index contributed by atoms with van der Waals surface area (Å²) in [6.07, 6.45) is 0. The summed E-state index contributed by atoms with van der Waals surface area (Å²) in [5.74, 6) is 1.08. The fourth-order valence-electron chi connectivity index (χ4n) is 3.84. The molecular formula is C24H28ClN5O2S. The number of halogens is 1. The van der Waals surface area contributed by atoms with Gasteiger partial charge in [-0.15, -0.1) is 10.2 Å². The van der Waals surface area contributed by atoms with Gasteiger partial charge in [0.05, 0.1) is 31.6 Å². The number of nitrogens with zero attached hydrogens (tertiary/aromatic N) is 4. The topological polar surface area (TPSA) is 72.3 Å². The number of carbonyl (C=O) groups excluding carboxylic acids is 1. The molecule has 0 spiro atoms. The number of amides is 1. The van der Waals surface area contributed by atoms with Crippen LogP contribution in [0.3, 0.4) is 0 Å². The highest BCUT2D eigenvalue weighted by molar-refractivity contribution is 7.99. The number of hydrogen-bond donors (Lipinski definition) is 1. The van der Waals surface area contributed by atoms with Crippen LogP contribution in [0.15, 0.2) is 59.8 Å². The third kappa shape index (κ3) is 6.57. The highest BCUT2D eigenvalue weighted by atomic mass is 35.5. The van der Waals surface area contributed by atoms with E-state index in [1.807, 2.05) is 54.0 Å². The van der Waals surface area contributed by atoms with Gasteiger partial charge >= 0.3 is 0 Å². The minimum atomic E-state index is -0.0286. The van der Waals surface area contributed by atoms with Crippen molar-refractivity contribution in [3.8, 4) is 0 Å². The van der Waals surface area contributed by atoms with Crippen LogP contribution in [0.25, 0.3) is 0 Å². The molecule has 0 radical (unpaired) electrons. The van der Waals surface area contributed by atoms with Crippen molar-refractivity contribution in [2.45, 2.75) is 24.7 Å². The van der Waals surface area contributed by atoms with Crippen LogP contribution in [0.1, 0.15) is 23.0 Å². The molecule has 1 fully saturated rings. The normalized spacial score (nSPS) is 15.3. The molecule has 2 heterocycles. The molecule has 1 atom stereocenters. The molecule has 1 amide bonds. The second-order valence-electron chi connectivity index (χ2n) is 7.91. The molecule has 33 heavy (non-hydrogen) atoms. The standard InChI is InChI=1S/C24H28ClN5O2S/c1-18-27-28-24(30(18)16-19-5-3-2-4-6-19)33-17-23(31)26-15-22(29-11-13-32-14-12-29)20-7-9-21(25)10-8-20/h2-10,22H,11-17H2,1H3,(H,26,31). The Kier molecular flexibility index (Phi) is 8.39. The van der Waals surface area contributed by atoms with Crippen LogP contribution >= 0.6 is 23.4 Å². The monoisotopic (exact) mass is 485 g/mol. The Morgan fingerprint density at radius 1 is 1.12 bits per heavy atom. The predicted molar refractivity (Wildman–Crippen MR) is 131 cm³/mol. The molecular weight excluding hydrogens is 458 g/mol. The van der Waals surface area contributed by atoms with Crippen LogP contribution in [-0.4, -0.2) is 64.2 Å². The molecule has 1 aromatic heterocycles. The summed E-state index contributed by atoms with van der Waals surface area (Å²) >= 11 is 7.48. The first-order chi connectivity index (χ1) is 16.1. The molecule has 1 unspecified atom stereocenters. The summed E-state index contributed by atoms with van der Waals surface area (Å²) in [6, 6.07) is 18.1. The third-order valence-electron chi connectivity index (χ3n) is 5.65. The molecule has 1 aliphatic rings. The summed E-state index contributed by atoms with van der Waals surface area (Å²) in [4.78, 5) is 15.1. The Bertz CT molecular complexity index is 1040. The predicted octanol–water partition coefficient (Wildman–Crippen LogP) is 3.57. The number of rotatable bonds is 9. The molecule has 2 aromatic carbocycles. The molecule has 1 aliphatic heterocycles. The second kappa shape index (κ2) is 11.7. The number of thioether (sulfide) groups is 1. The number of carbonyl (C=O) groups is 1. The van der Waals surface area contributed by atoms with Gasteiger partial charge in [-0.25, -0.2) is 0 Å². The minimum Gasteiger partial charge on any atom is -0.379 e. The van der Waals surface area contributed by atoms with Crippen molar-refractivity contribution >= 4 is 29.3 Å². The zero-order valence-corrected chi connectivity index (χ0v) is 20.2. The van der Waals surface area contributed by atoms with Gasteiger partial charge in [-0.3, -0.25) is 9.69 Å². The van der Waals surface area contributed by atoms with Crippen LogP contribution in [0, 0.1) is 6.92 Å². The second-order valence-corrected chi connectivity index (χ2v) is 9.29. The van der Waals surface area contributed by atoms with E-state index in [9.17, 15) is 4.79 Å². The molecule has 1 N–H and O–H groups in total. The van der Waals surface area contributed by atoms with Crippen LogP contribution in [0.5, 0.6) is 0 Å². The molecule has 3 aromatic rings. The molecule has 0 saturated carbocycles. The van der Waals surface area contributed by atoms with Crippen LogP contribution in [0.4, 0.5) is 0 Å². The number of aryl methyl sites for hydroxylation is 1. The molecule has 9 heteroatoms. The lowest BCUT2D eigenvalue weighted by molar-refractivity contribution is -0.118. The van der Waals surface area contributed by atoms with E-state index >= 15 is 0 Å². The average Bonchev–Trinajstić information content (AvgIpc) is 3.19. The lowest BCUT2D eigenvalue weighted by atomic mass is 10.0. The molecule has 0 bridgehead atoms. The Balaban J connectivity index is 1.35. The summed E-state index contributed by atoms with van der Waals surface area (Å²) in [5.41, 5.74) is 2.30. The number of morpholine rings is 1. The van der Waals surface area contributed by atoms with E-state index in [2.05, 4.69) is 32.5 Å². The zero-order chi connectivity index (χ0) is 23.0. The van der Waals surface area contributed by atoms with Gasteiger partial charge in [-0.05, 0) is 30.2 Å². The SMILES string of the molecule is Cc1nnc(SCC(=O)NCC(c2ccc(Cl)cc2)N2CCOCC2)n1Cc1ccccc1. The molecule has 1 saturated heterocycles. The summed E-state index contributed by atoms with van der Waals surface area (Å²) < 4.78 is 7.54. The van der Waals surface area contributed by atoms with Gasteiger partial charge in [0.1, 0.15) is 5.82 Å². The Morgan fingerprint density at radius 2 is 1.85 bits per heavy atom. The van der Waals surface area contributed by atoms with Crippen molar-refractivity contribution in [1.82, 2.24) is 25.0 Å². The average molecular weight is 486 g/mol. The molecule has 174 valence electrons. The van der Waals surface area contributed by atoms with Crippen molar-refractivity contribution in [2.24, 2.45) is 0 Å². The summed E-state index contributed by atoms with van der Waals surface area (Å²) in [5, 5.41) is 13.0. The van der Waals surface area contributed by atoms with Gasteiger partial charge < -0.3 is 14.6 Å². The number of hydrogen-bond acceptors (Lipinski definition) is 6. The van der Waals surface area contributed by atoms with Crippen molar-refractivity contribution in [3.63, 3.8) is 0 Å². The van der Waals surface area contributed by atoms with E-state index < -0.39 is 0 Å². The van der Waals surface area contributed by atoms with Crippen LogP contribution < -0.4 is 5.32 Å². The highest BCUT2D eigenvalue weighted by Gasteiger charge is 2.23. The Morgan fingerprint density at radius 3 is 2.58 bits per heavy atom. The van der Waals surface area contributed by atoms with Crippen molar-refractivity contribution in [3.05, 3.63) is 76.6 Å². The van der Waals surface area contributed by atoms with Crippen molar-refractivity contribution in [2.75, 3.05) is 38.6 Å². The lowest BCUT2D eigenvalue weighted by Crippen LogP contribution is -2.44. The van der Waals surface area contributed by atoms with Crippen molar-refractivity contribution < 1.29 is 9.53 Å². The third-order valence-corrected chi connectivity index (χ3v) is 6.87. The fourth-order valence-corrected chi connectivity index (χ4v) is 4.78. The minimum absolute atomic E-state index is 0.0286. The summed E-state index contributed by atoms with van der Waals surface area (Å²) in [6.45, 7) is 6.20. The molecule has 7 nitrogen and oxygen atoms in total. The van der Waals surface area contributed by atoms with Gasteiger partial charge in [0.2, 0.25) is 5.91 Å². The lowest BCUT2D eigenvalue weighted by Gasteiger charge is -2.35. The van der Waals surface area contributed by atoms with Gasteiger partial charge in [0, 0.05) is 24.7 Å². The number of nitrogens with one attached hydrogen (secondary N) is 1. The molecule has 4 rings (SSSR count). The maximum Gasteiger partial charge on any atom is 0.230 e. The van der Waals surface area contributed by atoms with E-state index in [-0.39, 0.29) is 17.7 Å². The first-order valence-corrected chi connectivity index (χ1v) is 12.4. The highest BCUT2D eigenvalue weighted by Crippen LogP contribution is 2.23. The maximum atomic E-state index is 12.7. The summed E-state index contributed by atoms with van der Waals surface area (Å²) in [7, 11) is 0. The number of aromatic nitrogens is 3. The van der Waals surface area contributed by atoms with Crippen molar-refractivity contribution in [1.29, 1.82) is 0 Å². The Labute approximate surface area is 203 Å². The van der Waals surface area contributed by atoms with Gasteiger partial charge in [-0.2, -0.15) is 0 Å². The largest absolute Gasteiger partial charge is 0.379 e. The maximum absolute atomic E-state index is 12.7. The fraction of sp³-hybridized carbons (Fsp3) is 0.375. The van der Waals surface area contributed by atoms with Gasteiger partial charge in [0.15, 0.2) is 5.16 Å². The zero-order valence-electron chi connectivity index (χ0n) is 18.6. The van der Waals surface area contributed by atoms with Crippen LogP contribution in [0.2, 0.25) is 5.02 Å². The van der Waals surface area contributed by atoms with Gasteiger partial charge in [0.25, 0.3) is 0 Å². The Hall–Kier alpha value is -2.39. The van der Waals surface area contributed by atoms with E-state index in [4.69, 9.17) is 16.3 Å². The van der Waals surface area contributed by atoms with E-state index in [0.717, 1.165) is 29.6 Å². The van der Waals surface area contributed by atoms with Gasteiger partial charge in [-0.1, -0.05) is 65.8 Å². The van der Waals surface area contributed by atoms with E-state index in [1.54, 1.807) is 0 Å². The number of ether oxygens (including phenoxy) is 1. The first kappa shape index (κ1) is 23.8. The first-order valence-electron chi connectivity index (χ1n) is 11.0.